The van der Waals surface area contributed by atoms with E-state index in [1.807, 2.05) is 53.5 Å². The molecule has 0 bridgehead atoms. The molecular formula is C22H20N2O2S. The number of rotatable bonds is 4. The van der Waals surface area contributed by atoms with Gasteiger partial charge in [-0.15, -0.1) is 0 Å². The zero-order valence-electron chi connectivity index (χ0n) is 15.0. The highest BCUT2D eigenvalue weighted by Gasteiger charge is 2.29. The third-order valence-electron chi connectivity index (χ3n) is 4.73. The molecule has 5 heteroatoms. The highest BCUT2D eigenvalue weighted by molar-refractivity contribution is 7.90. The topological polar surface area (TPSA) is 49.7 Å². The first kappa shape index (κ1) is 17.5. The fourth-order valence-corrected chi connectivity index (χ4v) is 3.96. The first-order valence-corrected chi connectivity index (χ1v) is 10.7. The Bertz CT molecular complexity index is 1060. The van der Waals surface area contributed by atoms with E-state index in [0.717, 1.165) is 23.4 Å². The Balaban J connectivity index is 1.74. The van der Waals surface area contributed by atoms with Gasteiger partial charge in [-0.3, -0.25) is 5.01 Å². The van der Waals surface area contributed by atoms with E-state index in [1.54, 1.807) is 12.1 Å². The number of hydrogen-bond acceptors (Lipinski definition) is 4. The normalized spacial score (nSPS) is 17.0. The molecule has 3 aromatic rings. The first-order chi connectivity index (χ1) is 13.0. The van der Waals surface area contributed by atoms with Crippen LogP contribution in [0.5, 0.6) is 0 Å². The average molecular weight is 376 g/mol. The number of hydrogen-bond donors (Lipinski definition) is 0. The molecule has 1 atom stereocenters. The molecule has 1 heterocycles. The van der Waals surface area contributed by atoms with Crippen molar-refractivity contribution < 1.29 is 8.42 Å². The van der Waals surface area contributed by atoms with Crippen molar-refractivity contribution >= 4 is 21.2 Å². The highest BCUT2D eigenvalue weighted by Crippen LogP contribution is 2.36. The lowest BCUT2D eigenvalue weighted by atomic mass is 9.98. The van der Waals surface area contributed by atoms with E-state index in [4.69, 9.17) is 5.10 Å². The molecule has 0 aliphatic carbocycles. The van der Waals surface area contributed by atoms with Gasteiger partial charge in [-0.1, -0.05) is 60.7 Å². The van der Waals surface area contributed by atoms with Crippen LogP contribution in [0.2, 0.25) is 0 Å². The zero-order valence-corrected chi connectivity index (χ0v) is 15.8. The minimum atomic E-state index is -3.22. The summed E-state index contributed by atoms with van der Waals surface area (Å²) in [4.78, 5) is 0.314. The van der Waals surface area contributed by atoms with Gasteiger partial charge in [0.15, 0.2) is 9.84 Å². The molecule has 3 aromatic carbocycles. The number of benzene rings is 3. The lowest BCUT2D eigenvalue weighted by Crippen LogP contribution is -2.18. The van der Waals surface area contributed by atoms with Gasteiger partial charge in [0.1, 0.15) is 0 Å². The van der Waals surface area contributed by atoms with Crippen LogP contribution in [0.3, 0.4) is 0 Å². The van der Waals surface area contributed by atoms with Gasteiger partial charge >= 0.3 is 0 Å². The van der Waals surface area contributed by atoms with E-state index < -0.39 is 9.84 Å². The Hall–Kier alpha value is -2.92. The highest BCUT2D eigenvalue weighted by atomic mass is 32.2. The first-order valence-electron chi connectivity index (χ1n) is 8.79. The van der Waals surface area contributed by atoms with Crippen LogP contribution in [0.25, 0.3) is 0 Å². The third-order valence-corrected chi connectivity index (χ3v) is 5.86. The van der Waals surface area contributed by atoms with Gasteiger partial charge in [-0.05, 0) is 35.4 Å². The Morgan fingerprint density at radius 1 is 0.852 bits per heavy atom. The summed E-state index contributed by atoms with van der Waals surface area (Å²) in [7, 11) is -3.22. The van der Waals surface area contributed by atoms with Gasteiger partial charge < -0.3 is 0 Å². The van der Waals surface area contributed by atoms with Gasteiger partial charge in [0.05, 0.1) is 22.3 Å². The number of anilines is 1. The van der Waals surface area contributed by atoms with Crippen LogP contribution in [0, 0.1) is 0 Å². The minimum absolute atomic E-state index is 0.0745. The van der Waals surface area contributed by atoms with Crippen LogP contribution in [0.1, 0.15) is 23.6 Å². The predicted molar refractivity (Wildman–Crippen MR) is 109 cm³/mol. The standard InChI is InChI=1S/C22H20N2O2S/c1-27(25,26)20-14-12-19(13-15-20)24-22(18-10-6-3-7-11-18)16-21(23-24)17-8-4-2-5-9-17/h2-15,22H,16H2,1H3/t22-/m0/s1. The van der Waals surface area contributed by atoms with Gasteiger partial charge in [0.2, 0.25) is 0 Å². The van der Waals surface area contributed by atoms with Crippen LogP contribution >= 0.6 is 0 Å². The molecule has 4 nitrogen and oxygen atoms in total. The largest absolute Gasteiger partial charge is 0.257 e. The van der Waals surface area contributed by atoms with Gasteiger partial charge in [-0.25, -0.2) is 8.42 Å². The van der Waals surface area contributed by atoms with E-state index >= 15 is 0 Å². The van der Waals surface area contributed by atoms with Gasteiger partial charge in [-0.2, -0.15) is 5.10 Å². The predicted octanol–water partition coefficient (Wildman–Crippen LogP) is 4.45. The van der Waals surface area contributed by atoms with E-state index in [9.17, 15) is 8.42 Å². The lowest BCUT2D eigenvalue weighted by Gasteiger charge is -2.24. The summed E-state index contributed by atoms with van der Waals surface area (Å²) in [6, 6.07) is 27.4. The van der Waals surface area contributed by atoms with Crippen molar-refractivity contribution in [1.29, 1.82) is 0 Å². The molecule has 0 radical (unpaired) electrons. The summed E-state index contributed by atoms with van der Waals surface area (Å²) in [6.45, 7) is 0. The summed E-state index contributed by atoms with van der Waals surface area (Å²) in [5.41, 5.74) is 4.19. The van der Waals surface area contributed by atoms with Gasteiger partial charge in [0, 0.05) is 12.7 Å². The van der Waals surface area contributed by atoms with Crippen molar-refractivity contribution in [1.82, 2.24) is 0 Å². The monoisotopic (exact) mass is 376 g/mol. The van der Waals surface area contributed by atoms with Crippen LogP contribution in [0.4, 0.5) is 5.69 Å². The number of sulfone groups is 1. The third kappa shape index (κ3) is 3.64. The van der Waals surface area contributed by atoms with Crippen molar-refractivity contribution in [3.8, 4) is 0 Å². The molecule has 0 saturated carbocycles. The summed E-state index contributed by atoms with van der Waals surface area (Å²) >= 11 is 0. The molecule has 1 aliphatic heterocycles. The molecular weight excluding hydrogens is 356 g/mol. The molecule has 4 rings (SSSR count). The second kappa shape index (κ2) is 7.00. The lowest BCUT2D eigenvalue weighted by molar-refractivity contribution is 0.602. The minimum Gasteiger partial charge on any atom is -0.257 e. The van der Waals surface area contributed by atoms with E-state index in [2.05, 4.69) is 24.3 Å². The Labute approximate surface area is 159 Å². The fourth-order valence-electron chi connectivity index (χ4n) is 3.33. The fraction of sp³-hybridized carbons (Fsp3) is 0.136. The molecule has 0 aromatic heterocycles. The number of hydrazone groups is 1. The smallest absolute Gasteiger partial charge is 0.175 e. The van der Waals surface area contributed by atoms with Crippen molar-refractivity contribution in [3.05, 3.63) is 96.1 Å². The molecule has 0 spiro atoms. The maximum atomic E-state index is 11.7. The Morgan fingerprint density at radius 2 is 1.44 bits per heavy atom. The molecule has 0 amide bonds. The van der Waals surface area contributed by atoms with Crippen LogP contribution in [-0.2, 0) is 9.84 Å². The maximum absolute atomic E-state index is 11.7. The van der Waals surface area contributed by atoms with E-state index in [0.29, 0.717) is 4.90 Å². The zero-order chi connectivity index (χ0) is 18.9. The Morgan fingerprint density at radius 3 is 2.04 bits per heavy atom. The van der Waals surface area contributed by atoms with Crippen molar-refractivity contribution in [2.24, 2.45) is 5.10 Å². The van der Waals surface area contributed by atoms with E-state index in [1.165, 1.54) is 11.8 Å². The number of nitrogens with zero attached hydrogens (tertiary/aromatic N) is 2. The summed E-state index contributed by atoms with van der Waals surface area (Å²) < 4.78 is 23.5. The quantitative estimate of drug-likeness (QED) is 0.676. The summed E-state index contributed by atoms with van der Waals surface area (Å²) in [6.07, 6.45) is 2.01. The average Bonchev–Trinajstić information content (AvgIpc) is 3.14. The van der Waals surface area contributed by atoms with Gasteiger partial charge in [0.25, 0.3) is 0 Å². The second-order valence-corrected chi connectivity index (χ2v) is 8.67. The van der Waals surface area contributed by atoms with Crippen molar-refractivity contribution in [2.75, 3.05) is 11.3 Å². The van der Waals surface area contributed by atoms with Crippen molar-refractivity contribution in [2.45, 2.75) is 17.4 Å². The summed E-state index contributed by atoms with van der Waals surface area (Å²) in [5.74, 6) is 0. The molecule has 0 fully saturated rings. The molecule has 0 unspecified atom stereocenters. The molecule has 1 aliphatic rings. The van der Waals surface area contributed by atoms with Crippen LogP contribution in [-0.4, -0.2) is 20.4 Å². The molecule has 27 heavy (non-hydrogen) atoms. The molecule has 136 valence electrons. The van der Waals surface area contributed by atoms with E-state index in [-0.39, 0.29) is 6.04 Å². The van der Waals surface area contributed by atoms with Crippen LogP contribution < -0.4 is 5.01 Å². The summed E-state index contributed by atoms with van der Waals surface area (Å²) in [5, 5.41) is 6.87. The Kier molecular flexibility index (Phi) is 4.54. The maximum Gasteiger partial charge on any atom is 0.175 e. The molecule has 0 saturated heterocycles. The van der Waals surface area contributed by atoms with Crippen LogP contribution in [0.15, 0.2) is 94.9 Å². The second-order valence-electron chi connectivity index (χ2n) is 6.65. The van der Waals surface area contributed by atoms with Crippen molar-refractivity contribution in [3.63, 3.8) is 0 Å². The molecule has 0 N–H and O–H groups in total. The SMILES string of the molecule is CS(=O)(=O)c1ccc(N2N=C(c3ccccc3)C[C@H]2c2ccccc2)cc1.